The van der Waals surface area contributed by atoms with Crippen LogP contribution in [-0.2, 0) is 11.4 Å². The quantitative estimate of drug-likeness (QED) is 0.257. The number of imide groups is 1. The van der Waals surface area contributed by atoms with Crippen LogP contribution in [0.15, 0.2) is 80.6 Å². The number of rotatable bonds is 8. The summed E-state index contributed by atoms with van der Waals surface area (Å²) in [6.45, 7) is 0.569. The number of hydrogen-bond acceptors (Lipinski definition) is 5. The minimum atomic E-state index is -0.356. The Balaban J connectivity index is 1.41. The zero-order valence-electron chi connectivity index (χ0n) is 17.7. The molecule has 0 saturated carbocycles. The fourth-order valence-corrected chi connectivity index (χ4v) is 5.51. The number of para-hydroxylation sites is 1. The molecule has 1 saturated heterocycles. The predicted octanol–water partition coefficient (Wildman–Crippen LogP) is 7.05. The normalized spacial score (nSPS) is 14.7. The Labute approximate surface area is 217 Å². The van der Waals surface area contributed by atoms with Crippen molar-refractivity contribution in [2.45, 2.75) is 6.61 Å². The van der Waals surface area contributed by atoms with Gasteiger partial charge >= 0.3 is 0 Å². The lowest BCUT2D eigenvalue weighted by atomic mass is 10.2. The number of amides is 2. The lowest BCUT2D eigenvalue weighted by Crippen LogP contribution is -2.32. The Bertz CT molecular complexity index is 1230. The van der Waals surface area contributed by atoms with Crippen LogP contribution in [-0.4, -0.2) is 29.2 Å². The molecule has 1 fully saturated rings. The largest absolute Gasteiger partial charge is 0.492 e. The topological polar surface area (TPSA) is 55.8 Å². The van der Waals surface area contributed by atoms with E-state index in [4.69, 9.17) is 9.47 Å². The number of ether oxygens (including phenoxy) is 2. The fraction of sp³-hybridized carbons (Fsp3) is 0.120. The molecule has 3 aromatic carbocycles. The highest BCUT2D eigenvalue weighted by molar-refractivity contribution is 9.11. The first-order chi connectivity index (χ1) is 16.4. The van der Waals surface area contributed by atoms with Crippen LogP contribution < -0.4 is 9.47 Å². The van der Waals surface area contributed by atoms with E-state index < -0.39 is 0 Å². The average molecular weight is 607 g/mol. The molecule has 0 unspecified atom stereocenters. The molecule has 0 aliphatic carbocycles. The second kappa shape index (κ2) is 11.2. The molecule has 1 aliphatic heterocycles. The van der Waals surface area contributed by atoms with Crippen molar-refractivity contribution in [2.24, 2.45) is 0 Å². The van der Waals surface area contributed by atoms with Crippen LogP contribution in [0.25, 0.3) is 6.08 Å². The van der Waals surface area contributed by atoms with Gasteiger partial charge in [0.25, 0.3) is 11.1 Å². The van der Waals surface area contributed by atoms with Crippen molar-refractivity contribution in [3.63, 3.8) is 0 Å². The van der Waals surface area contributed by atoms with E-state index in [2.05, 4.69) is 31.9 Å². The summed E-state index contributed by atoms with van der Waals surface area (Å²) in [5, 5.41) is -0.332. The van der Waals surface area contributed by atoms with Crippen LogP contribution in [0.1, 0.15) is 11.1 Å². The van der Waals surface area contributed by atoms with Gasteiger partial charge in [-0.05, 0) is 97.2 Å². The molecule has 5 nitrogen and oxygen atoms in total. The van der Waals surface area contributed by atoms with Crippen molar-refractivity contribution >= 4 is 60.8 Å². The van der Waals surface area contributed by atoms with Gasteiger partial charge in [-0.15, -0.1) is 0 Å². The Morgan fingerprint density at radius 2 is 1.68 bits per heavy atom. The summed E-state index contributed by atoms with van der Waals surface area (Å²) in [6.07, 6.45) is 1.66. The molecular formula is C25H18Br2FNO4S. The summed E-state index contributed by atoms with van der Waals surface area (Å²) in [7, 11) is 0. The number of halogens is 3. The second-order valence-electron chi connectivity index (χ2n) is 7.23. The van der Waals surface area contributed by atoms with Crippen molar-refractivity contribution in [1.82, 2.24) is 4.90 Å². The van der Waals surface area contributed by atoms with Gasteiger partial charge in [0.05, 0.1) is 20.4 Å². The van der Waals surface area contributed by atoms with Crippen molar-refractivity contribution < 1.29 is 23.5 Å². The maximum Gasteiger partial charge on any atom is 0.293 e. The van der Waals surface area contributed by atoms with Gasteiger partial charge in [0.15, 0.2) is 0 Å². The smallest absolute Gasteiger partial charge is 0.293 e. The first-order valence-electron chi connectivity index (χ1n) is 10.2. The molecule has 0 bridgehead atoms. The van der Waals surface area contributed by atoms with Gasteiger partial charge in [-0.25, -0.2) is 4.39 Å². The lowest BCUT2D eigenvalue weighted by Gasteiger charge is -2.13. The first kappa shape index (κ1) is 24.5. The third kappa shape index (κ3) is 6.08. The highest BCUT2D eigenvalue weighted by Gasteiger charge is 2.34. The molecule has 174 valence electrons. The van der Waals surface area contributed by atoms with Crippen LogP contribution in [0.3, 0.4) is 0 Å². The zero-order valence-corrected chi connectivity index (χ0v) is 21.7. The lowest BCUT2D eigenvalue weighted by molar-refractivity contribution is -0.123. The molecular weight excluding hydrogens is 589 g/mol. The molecule has 0 radical (unpaired) electrons. The van der Waals surface area contributed by atoms with Crippen LogP contribution in [0.4, 0.5) is 9.18 Å². The molecule has 0 N–H and O–H groups in total. The molecule has 3 aromatic rings. The standard InChI is InChI=1S/C25H18Br2FNO4S/c26-20-12-17(13-21(27)23(20)33-15-16-5-4-6-18(28)11-16)14-22-24(30)29(25(31)34-22)9-10-32-19-7-2-1-3-8-19/h1-8,11-14H,9-10,15H2/b22-14-. The Morgan fingerprint density at radius 3 is 2.38 bits per heavy atom. The van der Waals surface area contributed by atoms with E-state index in [0.29, 0.717) is 36.5 Å². The minimum absolute atomic E-state index is 0.164. The summed E-state index contributed by atoms with van der Waals surface area (Å²) in [4.78, 5) is 26.6. The number of benzene rings is 3. The number of nitrogens with zero attached hydrogens (tertiary/aromatic N) is 1. The van der Waals surface area contributed by atoms with E-state index in [1.54, 1.807) is 30.3 Å². The molecule has 9 heteroatoms. The number of thioether (sulfide) groups is 1. The van der Waals surface area contributed by atoms with Gasteiger partial charge in [0.1, 0.15) is 30.5 Å². The maximum absolute atomic E-state index is 13.4. The van der Waals surface area contributed by atoms with Gasteiger partial charge in [-0.3, -0.25) is 14.5 Å². The van der Waals surface area contributed by atoms with E-state index in [1.807, 2.05) is 30.3 Å². The molecule has 0 atom stereocenters. The van der Waals surface area contributed by atoms with Gasteiger partial charge < -0.3 is 9.47 Å². The van der Waals surface area contributed by atoms with Crippen LogP contribution in [0.2, 0.25) is 0 Å². The highest BCUT2D eigenvalue weighted by Crippen LogP contribution is 2.38. The minimum Gasteiger partial charge on any atom is -0.492 e. The molecule has 1 heterocycles. The molecule has 0 spiro atoms. The Kier molecular flexibility index (Phi) is 8.07. The van der Waals surface area contributed by atoms with Gasteiger partial charge in [0.2, 0.25) is 0 Å². The molecule has 2 amide bonds. The Hall–Kier alpha value is -2.62. The Morgan fingerprint density at radius 1 is 0.941 bits per heavy atom. The molecule has 0 aromatic heterocycles. The number of carbonyl (C=O) groups is 2. The molecule has 34 heavy (non-hydrogen) atoms. The van der Waals surface area contributed by atoms with Crippen molar-refractivity contribution in [2.75, 3.05) is 13.2 Å². The van der Waals surface area contributed by atoms with E-state index in [9.17, 15) is 14.0 Å². The van der Waals surface area contributed by atoms with Gasteiger partial charge in [-0.2, -0.15) is 0 Å². The SMILES string of the molecule is O=C1S/C(=C\c2cc(Br)c(OCc3cccc(F)c3)c(Br)c2)C(=O)N1CCOc1ccccc1. The van der Waals surface area contributed by atoms with Crippen molar-refractivity contribution in [3.05, 3.63) is 97.5 Å². The first-order valence-corrected chi connectivity index (χ1v) is 12.6. The van der Waals surface area contributed by atoms with E-state index in [1.165, 1.54) is 17.0 Å². The summed E-state index contributed by atoms with van der Waals surface area (Å²) in [5.41, 5.74) is 1.41. The number of carbonyl (C=O) groups excluding carboxylic acids is 2. The van der Waals surface area contributed by atoms with Gasteiger partial charge in [0, 0.05) is 0 Å². The molecule has 1 aliphatic rings. The van der Waals surface area contributed by atoms with E-state index in [-0.39, 0.29) is 36.7 Å². The summed E-state index contributed by atoms with van der Waals surface area (Å²) in [6, 6.07) is 19.0. The summed E-state index contributed by atoms with van der Waals surface area (Å²) >= 11 is 7.87. The predicted molar refractivity (Wildman–Crippen MR) is 137 cm³/mol. The monoisotopic (exact) mass is 605 g/mol. The van der Waals surface area contributed by atoms with Gasteiger partial charge in [-0.1, -0.05) is 30.3 Å². The summed E-state index contributed by atoms with van der Waals surface area (Å²) in [5.74, 6) is 0.549. The van der Waals surface area contributed by atoms with E-state index in [0.717, 1.165) is 11.8 Å². The maximum atomic E-state index is 13.4. The van der Waals surface area contributed by atoms with Crippen molar-refractivity contribution in [1.29, 1.82) is 0 Å². The third-order valence-electron chi connectivity index (χ3n) is 4.79. The fourth-order valence-electron chi connectivity index (χ4n) is 3.20. The van der Waals surface area contributed by atoms with Crippen LogP contribution in [0.5, 0.6) is 11.5 Å². The zero-order chi connectivity index (χ0) is 24.1. The highest BCUT2D eigenvalue weighted by atomic mass is 79.9. The summed E-state index contributed by atoms with van der Waals surface area (Å²) < 4.78 is 26.1. The van der Waals surface area contributed by atoms with Crippen molar-refractivity contribution in [3.8, 4) is 11.5 Å². The van der Waals surface area contributed by atoms with Crippen LogP contribution in [0, 0.1) is 5.82 Å². The average Bonchev–Trinajstić information content (AvgIpc) is 3.06. The molecule has 4 rings (SSSR count). The van der Waals surface area contributed by atoms with E-state index >= 15 is 0 Å². The second-order valence-corrected chi connectivity index (χ2v) is 9.93. The van der Waals surface area contributed by atoms with Crippen LogP contribution >= 0.6 is 43.6 Å². The third-order valence-corrected chi connectivity index (χ3v) is 6.88. The number of hydrogen-bond donors (Lipinski definition) is 0.